The molecule has 0 amide bonds. The van der Waals surface area contributed by atoms with E-state index in [9.17, 15) is 0 Å². The Morgan fingerprint density at radius 2 is 1.53 bits per heavy atom. The first-order valence-electron chi connectivity index (χ1n) is 20.1. The molecule has 5 heterocycles. The molecular formula is C39H55ClN10O7. The van der Waals surface area contributed by atoms with Crippen LogP contribution in [0.4, 0.5) is 11.6 Å². The molecule has 3 fully saturated rings. The van der Waals surface area contributed by atoms with E-state index in [0.717, 1.165) is 55.7 Å². The van der Waals surface area contributed by atoms with Crippen LogP contribution in [-0.2, 0) is 30.2 Å². The van der Waals surface area contributed by atoms with Crippen molar-refractivity contribution >= 4 is 23.2 Å². The predicted octanol–water partition coefficient (Wildman–Crippen LogP) is 5.00. The molecule has 1 saturated carbocycles. The van der Waals surface area contributed by atoms with Crippen LogP contribution < -0.4 is 14.8 Å². The van der Waals surface area contributed by atoms with E-state index in [0.29, 0.717) is 107 Å². The summed E-state index contributed by atoms with van der Waals surface area (Å²) in [4.78, 5) is 12.1. The van der Waals surface area contributed by atoms with Gasteiger partial charge >= 0.3 is 0 Å². The van der Waals surface area contributed by atoms with Crippen molar-refractivity contribution in [2.24, 2.45) is 0 Å². The molecule has 2 saturated heterocycles. The van der Waals surface area contributed by atoms with Crippen molar-refractivity contribution in [3.05, 3.63) is 48.1 Å². The Kier molecular flexibility index (Phi) is 15.3. The second kappa shape index (κ2) is 21.2. The van der Waals surface area contributed by atoms with E-state index in [4.69, 9.17) is 49.9 Å². The van der Waals surface area contributed by atoms with Gasteiger partial charge in [0.2, 0.25) is 5.95 Å². The quantitative estimate of drug-likeness (QED) is 0.0994. The van der Waals surface area contributed by atoms with Crippen LogP contribution in [0.5, 0.6) is 11.6 Å². The third-order valence-electron chi connectivity index (χ3n) is 10.6. The Balaban J connectivity index is 0.945. The van der Waals surface area contributed by atoms with Gasteiger partial charge in [0.1, 0.15) is 23.9 Å². The van der Waals surface area contributed by atoms with Gasteiger partial charge in [0.25, 0.3) is 5.88 Å². The molecular weight excluding hydrogens is 756 g/mol. The van der Waals surface area contributed by atoms with E-state index in [2.05, 4.69) is 40.4 Å². The molecule has 1 aliphatic carbocycles. The highest BCUT2D eigenvalue weighted by Gasteiger charge is 2.42. The van der Waals surface area contributed by atoms with Gasteiger partial charge in [-0.3, -0.25) is 9.58 Å². The number of hydrogen-bond donors (Lipinski definition) is 1. The Bertz CT molecular complexity index is 1760. The summed E-state index contributed by atoms with van der Waals surface area (Å²) < 4.78 is 43.6. The highest BCUT2D eigenvalue weighted by atomic mass is 35.5. The van der Waals surface area contributed by atoms with Crippen LogP contribution >= 0.6 is 11.6 Å². The minimum Gasteiger partial charge on any atom is -0.487 e. The van der Waals surface area contributed by atoms with Crippen LogP contribution in [0.25, 0.3) is 11.1 Å². The monoisotopic (exact) mass is 810 g/mol. The molecule has 3 aromatic heterocycles. The molecule has 1 aromatic carbocycles. The topological polar surface area (TPSA) is 167 Å². The first kappa shape index (κ1) is 41.2. The normalized spacial score (nSPS) is 21.5. The maximum absolute atomic E-state index is 6.50. The van der Waals surface area contributed by atoms with E-state index >= 15 is 0 Å². The van der Waals surface area contributed by atoms with Crippen LogP contribution in [-0.4, -0.2) is 142 Å². The summed E-state index contributed by atoms with van der Waals surface area (Å²) in [5, 5.41) is 20.1. The first-order valence-corrected chi connectivity index (χ1v) is 20.5. The van der Waals surface area contributed by atoms with E-state index < -0.39 is 0 Å². The SMILES string of the molecule is COCCOCCOCCOCCCOc1nn(C2CCC(N3[C@@H]4CC[C@H]3COC4)CC2)cc1Nc1ncc(-c2ccc(Cl)c(O[C@@H](C)Cn3cnnn3)c2)cn1. The van der Waals surface area contributed by atoms with Crippen molar-refractivity contribution in [2.45, 2.75) is 88.7 Å². The van der Waals surface area contributed by atoms with Crippen molar-refractivity contribution < 1.29 is 33.2 Å². The van der Waals surface area contributed by atoms with Crippen LogP contribution in [0, 0.1) is 0 Å². The molecule has 2 aliphatic heterocycles. The highest BCUT2D eigenvalue weighted by Crippen LogP contribution is 2.39. The van der Waals surface area contributed by atoms with Crippen LogP contribution in [0.15, 0.2) is 43.1 Å². The molecule has 0 radical (unpaired) electrons. The molecule has 310 valence electrons. The summed E-state index contributed by atoms with van der Waals surface area (Å²) >= 11 is 6.50. The number of fused-ring (bicyclic) bond motifs is 2. The van der Waals surface area contributed by atoms with E-state index in [1.807, 2.05) is 25.3 Å². The summed E-state index contributed by atoms with van der Waals surface area (Å²) in [6, 6.07) is 7.66. The van der Waals surface area contributed by atoms with Gasteiger partial charge in [-0.1, -0.05) is 17.7 Å². The molecule has 3 atom stereocenters. The zero-order valence-electron chi connectivity index (χ0n) is 32.9. The number of nitrogens with zero attached hydrogens (tertiary/aromatic N) is 9. The molecule has 17 nitrogen and oxygen atoms in total. The van der Waals surface area contributed by atoms with Crippen molar-refractivity contribution in [3.63, 3.8) is 0 Å². The minimum atomic E-state index is -0.217. The lowest BCUT2D eigenvalue weighted by Gasteiger charge is -2.43. The van der Waals surface area contributed by atoms with Gasteiger partial charge in [0.15, 0.2) is 0 Å². The minimum absolute atomic E-state index is 0.217. The average molecular weight is 811 g/mol. The Morgan fingerprint density at radius 1 is 0.842 bits per heavy atom. The molecule has 3 aliphatic rings. The van der Waals surface area contributed by atoms with Gasteiger partial charge in [0.05, 0.1) is 83.3 Å². The van der Waals surface area contributed by atoms with E-state index in [1.165, 1.54) is 12.8 Å². The lowest BCUT2D eigenvalue weighted by atomic mass is 9.89. The summed E-state index contributed by atoms with van der Waals surface area (Å²) in [5.41, 5.74) is 2.40. The van der Waals surface area contributed by atoms with E-state index in [1.54, 1.807) is 36.6 Å². The molecule has 7 rings (SSSR count). The van der Waals surface area contributed by atoms with Gasteiger partial charge < -0.3 is 38.5 Å². The third-order valence-corrected chi connectivity index (χ3v) is 10.9. The molecule has 1 N–H and O–H groups in total. The molecule has 18 heteroatoms. The number of anilines is 2. The van der Waals surface area contributed by atoms with Crippen molar-refractivity contribution in [2.75, 3.05) is 78.5 Å². The van der Waals surface area contributed by atoms with Gasteiger partial charge in [-0.25, -0.2) is 14.6 Å². The number of benzene rings is 1. The number of rotatable bonds is 23. The van der Waals surface area contributed by atoms with Gasteiger partial charge in [-0.15, -0.1) is 10.2 Å². The Labute approximate surface area is 338 Å². The Morgan fingerprint density at radius 3 is 2.23 bits per heavy atom. The first-order chi connectivity index (χ1) is 28.0. The maximum atomic E-state index is 6.50. The zero-order valence-corrected chi connectivity index (χ0v) is 33.7. The number of ether oxygens (including phenoxy) is 7. The van der Waals surface area contributed by atoms with Crippen LogP contribution in [0.3, 0.4) is 0 Å². The van der Waals surface area contributed by atoms with Crippen molar-refractivity contribution in [3.8, 4) is 22.8 Å². The third kappa shape index (κ3) is 11.6. The number of morpholine rings is 1. The second-order valence-corrected chi connectivity index (χ2v) is 15.1. The molecule has 57 heavy (non-hydrogen) atoms. The van der Waals surface area contributed by atoms with Gasteiger partial charge in [-0.2, -0.15) is 0 Å². The largest absolute Gasteiger partial charge is 0.487 e. The molecule has 0 unspecified atom stereocenters. The number of methoxy groups -OCH3 is 1. The fraction of sp³-hybridized carbons (Fsp3) is 0.641. The second-order valence-electron chi connectivity index (χ2n) is 14.7. The molecule has 2 bridgehead atoms. The lowest BCUT2D eigenvalue weighted by molar-refractivity contribution is -0.0458. The summed E-state index contributed by atoms with van der Waals surface area (Å²) in [6.07, 6.45) is 14.5. The standard InChI is InChI=1S/C39H55ClN10O7/c1-28(23-48-27-43-46-47-48)57-37-20-29(4-11-35(37)40)30-21-41-39(42-22-30)44-36-24-49(31-5-7-32(8-6-31)50-33-9-10-34(50)26-55-25-33)45-38(36)56-13-3-12-52-16-17-54-19-18-53-15-14-51-2/h4,11,20-22,24,27-28,31-34H,3,5-10,12-19,23,25-26H2,1-2H3,(H,41,42,44)/t28-,31?,32?,33-,34+/m0/s1. The fourth-order valence-corrected chi connectivity index (χ4v) is 8.02. The lowest BCUT2D eigenvalue weighted by Crippen LogP contribution is -2.52. The van der Waals surface area contributed by atoms with Gasteiger partial charge in [0, 0.05) is 56.2 Å². The number of tetrazole rings is 1. The number of hydrogen-bond acceptors (Lipinski definition) is 15. The average Bonchev–Trinajstić information content (AvgIpc) is 3.95. The Hall–Kier alpha value is -3.97. The summed E-state index contributed by atoms with van der Waals surface area (Å²) in [7, 11) is 1.65. The number of halogens is 1. The fourth-order valence-electron chi connectivity index (χ4n) is 7.86. The predicted molar refractivity (Wildman–Crippen MR) is 211 cm³/mol. The maximum Gasteiger partial charge on any atom is 0.256 e. The zero-order chi connectivity index (χ0) is 39.2. The van der Waals surface area contributed by atoms with Crippen LogP contribution in [0.1, 0.15) is 57.9 Å². The van der Waals surface area contributed by atoms with Crippen molar-refractivity contribution in [1.29, 1.82) is 0 Å². The highest BCUT2D eigenvalue weighted by molar-refractivity contribution is 6.32. The molecule has 4 aromatic rings. The van der Waals surface area contributed by atoms with Gasteiger partial charge in [-0.05, 0) is 73.6 Å². The smallest absolute Gasteiger partial charge is 0.256 e. The van der Waals surface area contributed by atoms with Crippen molar-refractivity contribution in [1.82, 2.24) is 44.9 Å². The number of nitrogens with one attached hydrogen (secondary N) is 1. The van der Waals surface area contributed by atoms with E-state index in [-0.39, 0.29) is 12.1 Å². The molecule has 0 spiro atoms. The summed E-state index contributed by atoms with van der Waals surface area (Å²) in [6.45, 7) is 8.37. The van der Waals surface area contributed by atoms with Crippen LogP contribution in [0.2, 0.25) is 5.02 Å². The summed E-state index contributed by atoms with van der Waals surface area (Å²) in [5.74, 6) is 1.50. The number of aromatic nitrogens is 8.